The predicted molar refractivity (Wildman–Crippen MR) is 74.4 cm³/mol. The Morgan fingerprint density at radius 3 is 2.94 bits per heavy atom. The van der Waals surface area contributed by atoms with Gasteiger partial charge in [-0.1, -0.05) is 17.7 Å². The summed E-state index contributed by atoms with van der Waals surface area (Å²) in [6.45, 7) is 2.58. The molecule has 1 aromatic rings. The minimum Gasteiger partial charge on any atom is -0.345 e. The van der Waals surface area contributed by atoms with Crippen molar-refractivity contribution in [3.63, 3.8) is 0 Å². The molecule has 0 aromatic heterocycles. The lowest BCUT2D eigenvalue weighted by atomic mass is 10.2. The molecule has 0 spiro atoms. The van der Waals surface area contributed by atoms with E-state index in [0.29, 0.717) is 19.4 Å². The first-order valence-electron chi connectivity index (χ1n) is 5.94. The van der Waals surface area contributed by atoms with E-state index in [9.17, 15) is 4.79 Å². The molecule has 4 heteroatoms. The number of amides is 1. The van der Waals surface area contributed by atoms with Gasteiger partial charge in [0, 0.05) is 30.7 Å². The van der Waals surface area contributed by atoms with Crippen molar-refractivity contribution in [1.29, 1.82) is 5.26 Å². The van der Waals surface area contributed by atoms with Crippen molar-refractivity contribution in [3.05, 3.63) is 29.8 Å². The number of hydrogen-bond acceptors (Lipinski definition) is 3. The monoisotopic (exact) mass is 262 g/mol. The van der Waals surface area contributed by atoms with Crippen LogP contribution in [0.15, 0.2) is 29.2 Å². The molecule has 0 saturated heterocycles. The summed E-state index contributed by atoms with van der Waals surface area (Å²) < 4.78 is 0. The second kappa shape index (κ2) is 7.78. The first-order valence-corrected chi connectivity index (χ1v) is 6.92. The van der Waals surface area contributed by atoms with Crippen molar-refractivity contribution in [3.8, 4) is 6.07 Å². The molecule has 1 amide bonds. The molecule has 0 N–H and O–H groups in total. The van der Waals surface area contributed by atoms with Crippen molar-refractivity contribution in [1.82, 2.24) is 4.90 Å². The standard InChI is InChI=1S/C14H18N2OS/c1-12-5-3-6-13(11-12)18-10-7-14(17)16(2)9-4-8-15/h3,5-6,11H,4,7,9-10H2,1-2H3. The summed E-state index contributed by atoms with van der Waals surface area (Å²) in [5.74, 6) is 0.879. The van der Waals surface area contributed by atoms with E-state index in [-0.39, 0.29) is 5.91 Å². The van der Waals surface area contributed by atoms with Gasteiger partial charge in [-0.2, -0.15) is 5.26 Å². The van der Waals surface area contributed by atoms with Crippen molar-refractivity contribution in [2.75, 3.05) is 19.3 Å². The average Bonchev–Trinajstić information content (AvgIpc) is 2.35. The number of aryl methyl sites for hydroxylation is 1. The van der Waals surface area contributed by atoms with Crippen LogP contribution in [0.4, 0.5) is 0 Å². The van der Waals surface area contributed by atoms with Gasteiger partial charge in [0.1, 0.15) is 0 Å². The average molecular weight is 262 g/mol. The third kappa shape index (κ3) is 5.24. The van der Waals surface area contributed by atoms with Crippen LogP contribution >= 0.6 is 11.8 Å². The molecule has 18 heavy (non-hydrogen) atoms. The Kier molecular flexibility index (Phi) is 6.31. The predicted octanol–water partition coefficient (Wildman–Crippen LogP) is 2.85. The molecule has 1 aromatic carbocycles. The van der Waals surface area contributed by atoms with Crippen LogP contribution in [0.3, 0.4) is 0 Å². The third-order valence-corrected chi connectivity index (χ3v) is 3.55. The number of hydrogen-bond donors (Lipinski definition) is 0. The maximum Gasteiger partial charge on any atom is 0.223 e. The lowest BCUT2D eigenvalue weighted by Gasteiger charge is -2.15. The van der Waals surface area contributed by atoms with Gasteiger partial charge in [0.25, 0.3) is 0 Å². The molecule has 96 valence electrons. The number of thioether (sulfide) groups is 1. The molecule has 0 radical (unpaired) electrons. The van der Waals surface area contributed by atoms with Gasteiger partial charge in [-0.15, -0.1) is 11.8 Å². The molecular formula is C14H18N2OS. The first-order chi connectivity index (χ1) is 8.63. The molecule has 0 heterocycles. The van der Waals surface area contributed by atoms with E-state index in [2.05, 4.69) is 25.1 Å². The van der Waals surface area contributed by atoms with Crippen molar-refractivity contribution in [2.24, 2.45) is 0 Å². The molecule has 0 atom stereocenters. The van der Waals surface area contributed by atoms with E-state index in [4.69, 9.17) is 5.26 Å². The highest BCUT2D eigenvalue weighted by Crippen LogP contribution is 2.19. The maximum atomic E-state index is 11.7. The quantitative estimate of drug-likeness (QED) is 0.740. The maximum absolute atomic E-state index is 11.7. The normalized spacial score (nSPS) is 9.83. The number of rotatable bonds is 6. The summed E-state index contributed by atoms with van der Waals surface area (Å²) in [6.07, 6.45) is 0.911. The Labute approximate surface area is 113 Å². The van der Waals surface area contributed by atoms with Gasteiger partial charge in [0.05, 0.1) is 12.5 Å². The van der Waals surface area contributed by atoms with Crippen LogP contribution in [0.5, 0.6) is 0 Å². The summed E-state index contributed by atoms with van der Waals surface area (Å²) >= 11 is 1.69. The van der Waals surface area contributed by atoms with Gasteiger partial charge >= 0.3 is 0 Å². The molecule has 0 aliphatic heterocycles. The molecule has 0 bridgehead atoms. The van der Waals surface area contributed by atoms with E-state index < -0.39 is 0 Å². The highest BCUT2D eigenvalue weighted by molar-refractivity contribution is 7.99. The Hall–Kier alpha value is -1.47. The van der Waals surface area contributed by atoms with Gasteiger partial charge in [0.2, 0.25) is 5.91 Å². The van der Waals surface area contributed by atoms with Crippen LogP contribution in [0.1, 0.15) is 18.4 Å². The van der Waals surface area contributed by atoms with Gasteiger partial charge in [-0.3, -0.25) is 4.79 Å². The number of benzene rings is 1. The van der Waals surface area contributed by atoms with E-state index in [1.807, 2.05) is 12.1 Å². The van der Waals surface area contributed by atoms with Crippen molar-refractivity contribution >= 4 is 17.7 Å². The summed E-state index contributed by atoms with van der Waals surface area (Å²) in [7, 11) is 1.75. The number of carbonyl (C=O) groups excluding carboxylic acids is 1. The Morgan fingerprint density at radius 1 is 1.50 bits per heavy atom. The molecule has 0 aliphatic carbocycles. The summed E-state index contributed by atoms with van der Waals surface area (Å²) in [6, 6.07) is 10.3. The third-order valence-electron chi connectivity index (χ3n) is 2.56. The van der Waals surface area contributed by atoms with Crippen LogP contribution in [0.2, 0.25) is 0 Å². The molecule has 0 saturated carbocycles. The van der Waals surface area contributed by atoms with E-state index in [0.717, 1.165) is 5.75 Å². The van der Waals surface area contributed by atoms with Crippen molar-refractivity contribution < 1.29 is 4.79 Å². The molecule has 0 aliphatic rings. The smallest absolute Gasteiger partial charge is 0.223 e. The Balaban J connectivity index is 2.29. The lowest BCUT2D eigenvalue weighted by Crippen LogP contribution is -2.27. The summed E-state index contributed by atoms with van der Waals surface area (Å²) in [5, 5.41) is 8.46. The van der Waals surface area contributed by atoms with Gasteiger partial charge in [-0.25, -0.2) is 0 Å². The van der Waals surface area contributed by atoms with Crippen LogP contribution in [-0.4, -0.2) is 30.2 Å². The van der Waals surface area contributed by atoms with Crippen LogP contribution in [0.25, 0.3) is 0 Å². The van der Waals surface area contributed by atoms with Gasteiger partial charge in [-0.05, 0) is 19.1 Å². The highest BCUT2D eigenvalue weighted by atomic mass is 32.2. The topological polar surface area (TPSA) is 44.1 Å². The minimum atomic E-state index is 0.102. The fourth-order valence-electron chi connectivity index (χ4n) is 1.49. The van der Waals surface area contributed by atoms with Crippen LogP contribution in [-0.2, 0) is 4.79 Å². The Morgan fingerprint density at radius 2 is 2.28 bits per heavy atom. The van der Waals surface area contributed by atoms with Crippen LogP contribution < -0.4 is 0 Å². The fourth-order valence-corrected chi connectivity index (χ4v) is 2.45. The van der Waals surface area contributed by atoms with E-state index in [1.165, 1.54) is 10.5 Å². The zero-order chi connectivity index (χ0) is 13.4. The minimum absolute atomic E-state index is 0.102. The second-order valence-electron chi connectivity index (χ2n) is 4.14. The zero-order valence-electron chi connectivity index (χ0n) is 10.8. The summed E-state index contributed by atoms with van der Waals surface area (Å²) in [4.78, 5) is 14.5. The van der Waals surface area contributed by atoms with Crippen molar-refractivity contribution in [2.45, 2.75) is 24.7 Å². The molecule has 0 fully saturated rings. The van der Waals surface area contributed by atoms with E-state index >= 15 is 0 Å². The molecule has 3 nitrogen and oxygen atoms in total. The van der Waals surface area contributed by atoms with Crippen LogP contribution in [0, 0.1) is 18.3 Å². The Bertz CT molecular complexity index is 440. The summed E-state index contributed by atoms with van der Waals surface area (Å²) in [5.41, 5.74) is 1.23. The van der Waals surface area contributed by atoms with Gasteiger partial charge < -0.3 is 4.90 Å². The zero-order valence-corrected chi connectivity index (χ0v) is 11.7. The number of nitrogens with zero attached hydrogens (tertiary/aromatic N) is 2. The SMILES string of the molecule is Cc1cccc(SCCC(=O)N(C)CCC#N)c1. The molecule has 0 unspecified atom stereocenters. The van der Waals surface area contributed by atoms with Gasteiger partial charge in [0.15, 0.2) is 0 Å². The fraction of sp³-hybridized carbons (Fsp3) is 0.429. The van der Waals surface area contributed by atoms with E-state index in [1.54, 1.807) is 23.7 Å². The second-order valence-corrected chi connectivity index (χ2v) is 5.31. The highest BCUT2D eigenvalue weighted by Gasteiger charge is 2.07. The largest absolute Gasteiger partial charge is 0.345 e. The first kappa shape index (κ1) is 14.6. The lowest BCUT2D eigenvalue weighted by molar-refractivity contribution is -0.129. The molecular weight excluding hydrogens is 244 g/mol. The number of nitriles is 1. The molecule has 1 rings (SSSR count). The number of carbonyl (C=O) groups is 1.